The van der Waals surface area contributed by atoms with Crippen LogP contribution in [0.15, 0.2) is 47.4 Å². The van der Waals surface area contributed by atoms with Crippen molar-refractivity contribution in [3.05, 3.63) is 58.1 Å². The SMILES string of the molecule is CCN(CC)C(=O)Nc1ccc(S(=O)(=O)Nc2cc([N+](=O)[O-])ccc2C)cc1. The highest BCUT2D eigenvalue weighted by Crippen LogP contribution is 2.25. The van der Waals surface area contributed by atoms with Gasteiger partial charge in [0.1, 0.15) is 0 Å². The molecule has 2 amide bonds. The van der Waals surface area contributed by atoms with Crippen molar-refractivity contribution in [2.75, 3.05) is 23.1 Å². The van der Waals surface area contributed by atoms with Crippen LogP contribution in [-0.2, 0) is 10.0 Å². The van der Waals surface area contributed by atoms with E-state index in [9.17, 15) is 23.3 Å². The summed E-state index contributed by atoms with van der Waals surface area (Å²) >= 11 is 0. The number of anilines is 2. The Hall–Kier alpha value is -3.14. The van der Waals surface area contributed by atoms with Crippen molar-refractivity contribution in [3.8, 4) is 0 Å². The van der Waals surface area contributed by atoms with Gasteiger partial charge in [0, 0.05) is 30.9 Å². The number of benzene rings is 2. The molecule has 0 heterocycles. The Labute approximate surface area is 163 Å². The zero-order valence-electron chi connectivity index (χ0n) is 15.8. The minimum Gasteiger partial charge on any atom is -0.325 e. The summed E-state index contributed by atoms with van der Waals surface area (Å²) in [6.45, 7) is 6.48. The molecule has 0 radical (unpaired) electrons. The molecule has 10 heteroatoms. The predicted molar refractivity (Wildman–Crippen MR) is 107 cm³/mol. The summed E-state index contributed by atoms with van der Waals surface area (Å²) in [4.78, 5) is 23.9. The molecule has 0 saturated carbocycles. The van der Waals surface area contributed by atoms with Crippen molar-refractivity contribution in [2.24, 2.45) is 0 Å². The molecule has 0 fully saturated rings. The summed E-state index contributed by atoms with van der Waals surface area (Å²) in [5.41, 5.74) is 0.936. The van der Waals surface area contributed by atoms with Crippen LogP contribution >= 0.6 is 0 Å². The number of non-ortho nitro benzene ring substituents is 1. The predicted octanol–water partition coefficient (Wildman–Crippen LogP) is 3.58. The Kier molecular flexibility index (Phi) is 6.57. The van der Waals surface area contributed by atoms with Gasteiger partial charge >= 0.3 is 6.03 Å². The lowest BCUT2D eigenvalue weighted by atomic mass is 10.2. The van der Waals surface area contributed by atoms with Gasteiger partial charge in [-0.1, -0.05) is 6.07 Å². The Morgan fingerprint density at radius 2 is 1.71 bits per heavy atom. The summed E-state index contributed by atoms with van der Waals surface area (Å²) in [7, 11) is -3.94. The first-order chi connectivity index (χ1) is 13.2. The molecule has 0 bridgehead atoms. The van der Waals surface area contributed by atoms with Crippen LogP contribution in [0.2, 0.25) is 0 Å². The number of hydrogen-bond donors (Lipinski definition) is 2. The summed E-state index contributed by atoms with van der Waals surface area (Å²) in [6.07, 6.45) is 0. The number of urea groups is 1. The maximum Gasteiger partial charge on any atom is 0.321 e. The van der Waals surface area contributed by atoms with E-state index in [0.29, 0.717) is 24.3 Å². The number of rotatable bonds is 7. The topological polar surface area (TPSA) is 122 Å². The van der Waals surface area contributed by atoms with Gasteiger partial charge in [-0.25, -0.2) is 13.2 Å². The quantitative estimate of drug-likeness (QED) is 0.538. The maximum absolute atomic E-state index is 12.6. The van der Waals surface area contributed by atoms with E-state index in [4.69, 9.17) is 0 Å². The number of nitrogens with one attached hydrogen (secondary N) is 2. The van der Waals surface area contributed by atoms with Gasteiger partial charge in [0.05, 0.1) is 15.5 Å². The van der Waals surface area contributed by atoms with Gasteiger partial charge in [-0.15, -0.1) is 0 Å². The molecule has 0 atom stereocenters. The first kappa shape index (κ1) is 21.2. The first-order valence-electron chi connectivity index (χ1n) is 8.61. The summed E-state index contributed by atoms with van der Waals surface area (Å²) in [5, 5.41) is 13.6. The Bertz CT molecular complexity index is 970. The fraction of sp³-hybridized carbons (Fsp3) is 0.278. The van der Waals surface area contributed by atoms with Gasteiger partial charge in [-0.3, -0.25) is 14.8 Å². The second-order valence-electron chi connectivity index (χ2n) is 5.99. The summed E-state index contributed by atoms with van der Waals surface area (Å²) in [6, 6.07) is 9.35. The highest BCUT2D eigenvalue weighted by Gasteiger charge is 2.18. The van der Waals surface area contributed by atoms with E-state index in [1.165, 1.54) is 42.5 Å². The molecule has 0 aliphatic heterocycles. The molecular weight excluding hydrogens is 384 g/mol. The van der Waals surface area contributed by atoms with Gasteiger partial charge in [0.25, 0.3) is 15.7 Å². The average Bonchev–Trinajstić information content (AvgIpc) is 2.64. The van der Waals surface area contributed by atoms with Crippen molar-refractivity contribution in [1.29, 1.82) is 0 Å². The van der Waals surface area contributed by atoms with Crippen molar-refractivity contribution < 1.29 is 18.1 Å². The molecule has 28 heavy (non-hydrogen) atoms. The molecule has 0 unspecified atom stereocenters. The van der Waals surface area contributed by atoms with Crippen molar-refractivity contribution in [3.63, 3.8) is 0 Å². The summed E-state index contributed by atoms with van der Waals surface area (Å²) in [5.74, 6) is 0. The van der Waals surface area contributed by atoms with E-state index in [2.05, 4.69) is 10.0 Å². The van der Waals surface area contributed by atoms with E-state index < -0.39 is 14.9 Å². The van der Waals surface area contributed by atoms with Crippen LogP contribution in [0.25, 0.3) is 0 Å². The third-order valence-electron chi connectivity index (χ3n) is 4.14. The van der Waals surface area contributed by atoms with Crippen LogP contribution in [0, 0.1) is 17.0 Å². The van der Waals surface area contributed by atoms with E-state index in [0.717, 1.165) is 0 Å². The van der Waals surface area contributed by atoms with Gasteiger partial charge in [-0.05, 0) is 50.6 Å². The zero-order chi connectivity index (χ0) is 20.9. The molecule has 0 saturated heterocycles. The maximum atomic E-state index is 12.6. The molecule has 2 N–H and O–H groups in total. The second-order valence-corrected chi connectivity index (χ2v) is 7.67. The molecule has 0 aliphatic rings. The third kappa shape index (κ3) is 4.97. The monoisotopic (exact) mass is 406 g/mol. The third-order valence-corrected chi connectivity index (χ3v) is 5.52. The smallest absolute Gasteiger partial charge is 0.321 e. The lowest BCUT2D eigenvalue weighted by Gasteiger charge is -2.19. The number of nitro benzene ring substituents is 1. The average molecular weight is 406 g/mol. The van der Waals surface area contributed by atoms with E-state index >= 15 is 0 Å². The van der Waals surface area contributed by atoms with Crippen molar-refractivity contribution >= 4 is 33.1 Å². The fourth-order valence-corrected chi connectivity index (χ4v) is 3.59. The minimum absolute atomic E-state index is 0.0285. The van der Waals surface area contributed by atoms with E-state index in [1.807, 2.05) is 13.8 Å². The van der Waals surface area contributed by atoms with E-state index in [1.54, 1.807) is 11.8 Å². The molecule has 2 aromatic carbocycles. The lowest BCUT2D eigenvalue weighted by molar-refractivity contribution is -0.384. The Balaban J connectivity index is 2.20. The number of hydrogen-bond acceptors (Lipinski definition) is 5. The van der Waals surface area contributed by atoms with Crippen LogP contribution in [0.1, 0.15) is 19.4 Å². The molecule has 2 aromatic rings. The Morgan fingerprint density at radius 1 is 1.11 bits per heavy atom. The van der Waals surface area contributed by atoms with Gasteiger partial charge < -0.3 is 10.2 Å². The molecular formula is C18H22N4O5S. The van der Waals surface area contributed by atoms with Gasteiger partial charge in [0.2, 0.25) is 0 Å². The van der Waals surface area contributed by atoms with Crippen LogP contribution in [-0.4, -0.2) is 37.4 Å². The zero-order valence-corrected chi connectivity index (χ0v) is 16.6. The normalized spacial score (nSPS) is 11.0. The van der Waals surface area contributed by atoms with Crippen molar-refractivity contribution in [1.82, 2.24) is 4.90 Å². The van der Waals surface area contributed by atoms with E-state index in [-0.39, 0.29) is 22.3 Å². The molecule has 0 spiro atoms. The highest BCUT2D eigenvalue weighted by molar-refractivity contribution is 7.92. The standard InChI is InChI=1S/C18H22N4O5S/c1-4-21(5-2)18(23)19-14-7-10-16(11-8-14)28(26,27)20-17-12-15(22(24)25)9-6-13(17)3/h6-12,20H,4-5H2,1-3H3,(H,19,23). The van der Waals surface area contributed by atoms with Crippen LogP contribution in [0.4, 0.5) is 21.9 Å². The lowest BCUT2D eigenvalue weighted by Crippen LogP contribution is -2.34. The molecule has 2 rings (SSSR count). The second kappa shape index (κ2) is 8.70. The fourth-order valence-electron chi connectivity index (χ4n) is 2.47. The van der Waals surface area contributed by atoms with Crippen molar-refractivity contribution in [2.45, 2.75) is 25.7 Å². The first-order valence-corrected chi connectivity index (χ1v) is 10.1. The van der Waals surface area contributed by atoms with Gasteiger partial charge in [0.15, 0.2) is 0 Å². The van der Waals surface area contributed by atoms with Crippen LogP contribution in [0.5, 0.6) is 0 Å². The summed E-state index contributed by atoms with van der Waals surface area (Å²) < 4.78 is 27.6. The number of aryl methyl sites for hydroxylation is 1. The van der Waals surface area contributed by atoms with Crippen LogP contribution < -0.4 is 10.0 Å². The largest absolute Gasteiger partial charge is 0.325 e. The number of carbonyl (C=O) groups is 1. The molecule has 0 aliphatic carbocycles. The minimum atomic E-state index is -3.94. The number of carbonyl (C=O) groups excluding carboxylic acids is 1. The number of nitrogens with zero attached hydrogens (tertiary/aromatic N) is 2. The molecule has 9 nitrogen and oxygen atoms in total. The number of amides is 2. The van der Waals surface area contributed by atoms with Crippen LogP contribution in [0.3, 0.4) is 0 Å². The Morgan fingerprint density at radius 3 is 2.25 bits per heavy atom. The molecule has 0 aromatic heterocycles. The molecule has 150 valence electrons. The van der Waals surface area contributed by atoms with Gasteiger partial charge in [-0.2, -0.15) is 0 Å². The number of sulfonamides is 1. The highest BCUT2D eigenvalue weighted by atomic mass is 32.2. The number of nitro groups is 1.